The quantitative estimate of drug-likeness (QED) is 0.674. The zero-order chi connectivity index (χ0) is 15.6. The topological polar surface area (TPSA) is 39.7 Å². The molecule has 0 spiro atoms. The zero-order valence-corrected chi connectivity index (χ0v) is 13.8. The van der Waals surface area contributed by atoms with Crippen LogP contribution in [-0.4, -0.2) is 39.1 Å². The highest BCUT2D eigenvalue weighted by Crippen LogP contribution is 2.18. The van der Waals surface area contributed by atoms with E-state index in [1.165, 1.54) is 5.56 Å². The van der Waals surface area contributed by atoms with Crippen LogP contribution < -0.4 is 10.1 Å². The summed E-state index contributed by atoms with van der Waals surface area (Å²) in [5.41, 5.74) is 1.27. The lowest BCUT2D eigenvalue weighted by molar-refractivity contribution is 0.0803. The van der Waals surface area contributed by atoms with E-state index < -0.39 is 0 Å². The van der Waals surface area contributed by atoms with Gasteiger partial charge in [0, 0.05) is 38.0 Å². The van der Waals surface area contributed by atoms with Crippen LogP contribution in [0.25, 0.3) is 0 Å². The molecule has 0 aliphatic heterocycles. The summed E-state index contributed by atoms with van der Waals surface area (Å²) < 4.78 is 16.3. The molecule has 0 unspecified atom stereocenters. The van der Waals surface area contributed by atoms with Gasteiger partial charge in [-0.1, -0.05) is 18.2 Å². The number of benzene rings is 1. The van der Waals surface area contributed by atoms with Crippen LogP contribution in [0.5, 0.6) is 5.75 Å². The third kappa shape index (κ3) is 8.71. The summed E-state index contributed by atoms with van der Waals surface area (Å²) in [6.07, 6.45) is 0.919. The Morgan fingerprint density at radius 3 is 2.48 bits per heavy atom. The van der Waals surface area contributed by atoms with Gasteiger partial charge in [0.05, 0.1) is 6.61 Å². The van der Waals surface area contributed by atoms with Gasteiger partial charge in [-0.3, -0.25) is 0 Å². The van der Waals surface area contributed by atoms with Crippen molar-refractivity contribution in [1.82, 2.24) is 5.32 Å². The summed E-state index contributed by atoms with van der Waals surface area (Å²) in [5.74, 6) is 0.926. The molecule has 0 fully saturated rings. The van der Waals surface area contributed by atoms with E-state index in [-0.39, 0.29) is 5.54 Å². The maximum absolute atomic E-state index is 5.81. The molecule has 0 bridgehead atoms. The van der Waals surface area contributed by atoms with Gasteiger partial charge in [-0.2, -0.15) is 0 Å². The molecule has 1 N–H and O–H groups in total. The number of ether oxygens (including phenoxy) is 3. The van der Waals surface area contributed by atoms with E-state index in [4.69, 9.17) is 14.2 Å². The largest absolute Gasteiger partial charge is 0.491 e. The SMILES string of the molecule is COCCCOCCOc1ccccc1CNC(C)(C)C. The minimum Gasteiger partial charge on any atom is -0.491 e. The molecule has 0 aliphatic rings. The normalized spacial score (nSPS) is 11.6. The van der Waals surface area contributed by atoms with Crippen molar-refractivity contribution in [2.75, 3.05) is 33.5 Å². The van der Waals surface area contributed by atoms with Crippen LogP contribution in [0.15, 0.2) is 24.3 Å². The van der Waals surface area contributed by atoms with E-state index in [0.29, 0.717) is 19.8 Å². The van der Waals surface area contributed by atoms with E-state index in [1.54, 1.807) is 7.11 Å². The number of hydrogen-bond acceptors (Lipinski definition) is 4. The van der Waals surface area contributed by atoms with Crippen molar-refractivity contribution >= 4 is 0 Å². The minimum absolute atomic E-state index is 0.0948. The van der Waals surface area contributed by atoms with E-state index in [0.717, 1.165) is 25.3 Å². The highest BCUT2D eigenvalue weighted by atomic mass is 16.5. The average Bonchev–Trinajstić information content (AvgIpc) is 2.44. The molecule has 0 aliphatic carbocycles. The Bertz CT molecular complexity index is 388. The highest BCUT2D eigenvalue weighted by molar-refractivity contribution is 5.33. The second-order valence-electron chi connectivity index (χ2n) is 6.02. The first-order valence-electron chi connectivity index (χ1n) is 7.55. The Hall–Kier alpha value is -1.10. The Labute approximate surface area is 128 Å². The second kappa shape index (κ2) is 9.77. The Morgan fingerprint density at radius 1 is 1.00 bits per heavy atom. The van der Waals surface area contributed by atoms with Crippen molar-refractivity contribution in [3.05, 3.63) is 29.8 Å². The fourth-order valence-corrected chi connectivity index (χ4v) is 1.77. The molecular weight excluding hydrogens is 266 g/mol. The van der Waals surface area contributed by atoms with Crippen molar-refractivity contribution in [2.45, 2.75) is 39.3 Å². The van der Waals surface area contributed by atoms with Crippen molar-refractivity contribution in [3.8, 4) is 5.75 Å². The molecule has 1 rings (SSSR count). The predicted octanol–water partition coefficient (Wildman–Crippen LogP) is 3.01. The number of rotatable bonds is 10. The second-order valence-corrected chi connectivity index (χ2v) is 6.02. The minimum atomic E-state index is 0.0948. The van der Waals surface area contributed by atoms with Crippen molar-refractivity contribution in [2.24, 2.45) is 0 Å². The summed E-state index contributed by atoms with van der Waals surface area (Å²) in [5, 5.41) is 3.48. The third-order valence-corrected chi connectivity index (χ3v) is 2.90. The van der Waals surface area contributed by atoms with Gasteiger partial charge in [-0.05, 0) is 33.3 Å². The first kappa shape index (κ1) is 18.0. The van der Waals surface area contributed by atoms with E-state index >= 15 is 0 Å². The maximum Gasteiger partial charge on any atom is 0.123 e. The fourth-order valence-electron chi connectivity index (χ4n) is 1.77. The van der Waals surface area contributed by atoms with Gasteiger partial charge in [-0.15, -0.1) is 0 Å². The first-order valence-corrected chi connectivity index (χ1v) is 7.55. The van der Waals surface area contributed by atoms with Crippen LogP contribution in [-0.2, 0) is 16.0 Å². The smallest absolute Gasteiger partial charge is 0.123 e. The van der Waals surface area contributed by atoms with Crippen LogP contribution >= 0.6 is 0 Å². The molecule has 1 aromatic rings. The van der Waals surface area contributed by atoms with E-state index in [2.05, 4.69) is 32.2 Å². The lowest BCUT2D eigenvalue weighted by Gasteiger charge is -2.21. The van der Waals surface area contributed by atoms with Crippen LogP contribution in [0.2, 0.25) is 0 Å². The molecule has 4 heteroatoms. The third-order valence-electron chi connectivity index (χ3n) is 2.90. The Balaban J connectivity index is 2.31. The Kier molecular flexibility index (Phi) is 8.35. The standard InChI is InChI=1S/C17H29NO3/c1-17(2,3)18-14-15-8-5-6-9-16(15)21-13-12-20-11-7-10-19-4/h5-6,8-9,18H,7,10-14H2,1-4H3. The molecule has 0 heterocycles. The monoisotopic (exact) mass is 295 g/mol. The molecule has 0 saturated heterocycles. The Morgan fingerprint density at radius 2 is 1.76 bits per heavy atom. The molecule has 21 heavy (non-hydrogen) atoms. The fraction of sp³-hybridized carbons (Fsp3) is 0.647. The van der Waals surface area contributed by atoms with Gasteiger partial charge in [0.2, 0.25) is 0 Å². The van der Waals surface area contributed by atoms with Crippen LogP contribution in [0.1, 0.15) is 32.8 Å². The average molecular weight is 295 g/mol. The van der Waals surface area contributed by atoms with Crippen molar-refractivity contribution < 1.29 is 14.2 Å². The summed E-state index contributed by atoms with van der Waals surface area (Å²) in [6, 6.07) is 8.13. The molecule has 0 atom stereocenters. The zero-order valence-electron chi connectivity index (χ0n) is 13.8. The lowest BCUT2D eigenvalue weighted by atomic mass is 10.1. The summed E-state index contributed by atoms with van der Waals surface area (Å²) >= 11 is 0. The van der Waals surface area contributed by atoms with Crippen LogP contribution in [0, 0.1) is 0 Å². The molecule has 4 nitrogen and oxygen atoms in total. The van der Waals surface area contributed by atoms with Gasteiger partial charge < -0.3 is 19.5 Å². The van der Waals surface area contributed by atoms with Gasteiger partial charge >= 0.3 is 0 Å². The van der Waals surface area contributed by atoms with E-state index in [1.807, 2.05) is 18.2 Å². The van der Waals surface area contributed by atoms with Gasteiger partial charge in [0.25, 0.3) is 0 Å². The summed E-state index contributed by atoms with van der Waals surface area (Å²) in [6.45, 7) is 9.89. The molecule has 0 radical (unpaired) electrons. The van der Waals surface area contributed by atoms with Gasteiger partial charge in [-0.25, -0.2) is 0 Å². The van der Waals surface area contributed by atoms with Crippen molar-refractivity contribution in [1.29, 1.82) is 0 Å². The summed E-state index contributed by atoms with van der Waals surface area (Å²) in [7, 11) is 1.70. The van der Waals surface area contributed by atoms with Gasteiger partial charge in [0.1, 0.15) is 12.4 Å². The first-order chi connectivity index (χ1) is 10.0. The predicted molar refractivity (Wildman–Crippen MR) is 85.8 cm³/mol. The van der Waals surface area contributed by atoms with Crippen LogP contribution in [0.4, 0.5) is 0 Å². The number of hydrogen-bond donors (Lipinski definition) is 1. The molecule has 120 valence electrons. The molecule has 1 aromatic carbocycles. The van der Waals surface area contributed by atoms with Crippen molar-refractivity contribution in [3.63, 3.8) is 0 Å². The molecule has 0 amide bonds. The van der Waals surface area contributed by atoms with Crippen LogP contribution in [0.3, 0.4) is 0 Å². The molecule has 0 saturated carbocycles. The lowest BCUT2D eigenvalue weighted by Crippen LogP contribution is -2.35. The number of para-hydroxylation sites is 1. The number of nitrogens with one attached hydrogen (secondary N) is 1. The molecule has 0 aromatic heterocycles. The highest BCUT2D eigenvalue weighted by Gasteiger charge is 2.10. The van der Waals surface area contributed by atoms with E-state index in [9.17, 15) is 0 Å². The maximum atomic E-state index is 5.81. The van der Waals surface area contributed by atoms with Gasteiger partial charge in [0.15, 0.2) is 0 Å². The number of methoxy groups -OCH3 is 1. The molecular formula is C17H29NO3. The summed E-state index contributed by atoms with van der Waals surface area (Å²) in [4.78, 5) is 0.